The summed E-state index contributed by atoms with van der Waals surface area (Å²) >= 11 is 1.36. The van der Waals surface area contributed by atoms with Gasteiger partial charge in [-0.3, -0.25) is 18.6 Å². The van der Waals surface area contributed by atoms with E-state index in [4.69, 9.17) is 0 Å². The number of benzene rings is 2. The van der Waals surface area contributed by atoms with E-state index >= 15 is 0 Å². The molecule has 3 aromatic heterocycles. The Hall–Kier alpha value is -3.39. The van der Waals surface area contributed by atoms with Crippen LogP contribution >= 0.6 is 11.8 Å². The van der Waals surface area contributed by atoms with Crippen LogP contribution in [0.4, 0.5) is 0 Å². The third-order valence-electron chi connectivity index (χ3n) is 5.72. The minimum atomic E-state index is -0.384. The van der Waals surface area contributed by atoms with Gasteiger partial charge >= 0.3 is 0 Å². The van der Waals surface area contributed by atoms with Crippen molar-refractivity contribution in [3.63, 3.8) is 0 Å². The molecule has 2 aromatic carbocycles. The van der Waals surface area contributed by atoms with Gasteiger partial charge in [0.05, 0.1) is 16.2 Å². The summed E-state index contributed by atoms with van der Waals surface area (Å²) in [6.45, 7) is 6.39. The molecule has 5 aromatic rings. The number of thioether (sulfide) groups is 1. The number of nitrogens with one attached hydrogen (secondary N) is 1. The normalized spacial score (nSPS) is 12.7. The number of aromatic amines is 1. The van der Waals surface area contributed by atoms with Crippen LogP contribution in [0.5, 0.6) is 0 Å². The Morgan fingerprint density at radius 1 is 1.09 bits per heavy atom. The number of H-pyrrole nitrogens is 1. The molecule has 162 valence electrons. The average molecular weight is 446 g/mol. The number of hydrogen-bond acceptors (Lipinski definition) is 5. The van der Waals surface area contributed by atoms with Crippen molar-refractivity contribution in [3.05, 3.63) is 70.1 Å². The summed E-state index contributed by atoms with van der Waals surface area (Å²) in [5.74, 6) is 0.536. The molecule has 0 bridgehead atoms. The predicted octanol–water partition coefficient (Wildman–Crippen LogP) is 4.61. The molecule has 8 heteroatoms. The first-order valence-corrected chi connectivity index (χ1v) is 11.5. The fourth-order valence-corrected chi connectivity index (χ4v) is 5.16. The number of carbonyl (C=O) groups is 1. The molecule has 0 aliphatic carbocycles. The van der Waals surface area contributed by atoms with Crippen LogP contribution in [-0.2, 0) is 6.54 Å². The molecule has 1 atom stereocenters. The standard InChI is InChI=1S/C24H23N5O2S/c1-4-13-28-22(31)17-10-6-8-12-19(17)29-23(28)26-27-24(29)32-15(3)21(30)20-14(2)25-18-11-7-5-9-16(18)20/h5-12,15,25H,4,13H2,1-3H3. The van der Waals surface area contributed by atoms with Gasteiger partial charge in [0.25, 0.3) is 5.56 Å². The van der Waals surface area contributed by atoms with Crippen LogP contribution in [0.15, 0.2) is 58.5 Å². The van der Waals surface area contributed by atoms with Gasteiger partial charge in [-0.15, -0.1) is 10.2 Å². The van der Waals surface area contributed by atoms with Crippen molar-refractivity contribution in [3.8, 4) is 0 Å². The number of nitrogens with zero attached hydrogens (tertiary/aromatic N) is 4. The number of carbonyl (C=O) groups excluding carboxylic acids is 1. The highest BCUT2D eigenvalue weighted by molar-refractivity contribution is 8.00. The molecule has 32 heavy (non-hydrogen) atoms. The van der Waals surface area contributed by atoms with Gasteiger partial charge in [0, 0.05) is 28.7 Å². The number of hydrogen-bond donors (Lipinski definition) is 1. The molecule has 5 rings (SSSR count). The highest BCUT2D eigenvalue weighted by Crippen LogP contribution is 2.30. The number of Topliss-reactive ketones (excluding diaryl/α,β-unsaturated/α-hetero) is 1. The highest BCUT2D eigenvalue weighted by Gasteiger charge is 2.25. The second-order valence-electron chi connectivity index (χ2n) is 7.89. The molecule has 0 spiro atoms. The van der Waals surface area contributed by atoms with Crippen molar-refractivity contribution in [1.82, 2.24) is 24.1 Å². The summed E-state index contributed by atoms with van der Waals surface area (Å²) in [4.78, 5) is 29.7. The number of fused-ring (bicyclic) bond motifs is 4. The Balaban J connectivity index is 1.61. The molecular formula is C24H23N5O2S. The minimum absolute atomic E-state index is 0.0351. The van der Waals surface area contributed by atoms with Crippen LogP contribution in [0.25, 0.3) is 27.6 Å². The zero-order valence-electron chi connectivity index (χ0n) is 18.1. The van der Waals surface area contributed by atoms with Crippen molar-refractivity contribution >= 4 is 45.1 Å². The van der Waals surface area contributed by atoms with Crippen molar-refractivity contribution in [2.45, 2.75) is 44.1 Å². The van der Waals surface area contributed by atoms with E-state index in [1.807, 2.05) is 73.7 Å². The van der Waals surface area contributed by atoms with E-state index in [0.717, 1.165) is 28.5 Å². The minimum Gasteiger partial charge on any atom is -0.358 e. The average Bonchev–Trinajstić information content (AvgIpc) is 3.36. The van der Waals surface area contributed by atoms with Gasteiger partial charge in [-0.05, 0) is 38.5 Å². The molecular weight excluding hydrogens is 422 g/mol. The second-order valence-corrected chi connectivity index (χ2v) is 9.19. The number of aryl methyl sites for hydroxylation is 2. The lowest BCUT2D eigenvalue weighted by Gasteiger charge is -2.12. The van der Waals surface area contributed by atoms with Gasteiger partial charge in [0.1, 0.15) is 0 Å². The van der Waals surface area contributed by atoms with E-state index < -0.39 is 0 Å². The van der Waals surface area contributed by atoms with Gasteiger partial charge < -0.3 is 4.98 Å². The molecule has 0 radical (unpaired) electrons. The van der Waals surface area contributed by atoms with E-state index in [1.165, 1.54) is 11.8 Å². The topological polar surface area (TPSA) is 85.0 Å². The van der Waals surface area contributed by atoms with E-state index in [1.54, 1.807) is 4.57 Å². The fraction of sp³-hybridized carbons (Fsp3) is 0.250. The Labute approximate surface area is 188 Å². The molecule has 7 nitrogen and oxygen atoms in total. The molecule has 0 fully saturated rings. The van der Waals surface area contributed by atoms with Crippen LogP contribution < -0.4 is 5.56 Å². The monoisotopic (exact) mass is 445 g/mol. The van der Waals surface area contributed by atoms with Gasteiger partial charge in [-0.25, -0.2) is 0 Å². The first-order chi connectivity index (χ1) is 15.5. The Kier molecular flexibility index (Phi) is 5.09. The third-order valence-corrected chi connectivity index (χ3v) is 6.76. The molecule has 1 unspecified atom stereocenters. The number of ketones is 1. The first-order valence-electron chi connectivity index (χ1n) is 10.7. The predicted molar refractivity (Wildman–Crippen MR) is 128 cm³/mol. The molecule has 0 aliphatic rings. The smallest absolute Gasteiger partial charge is 0.262 e. The van der Waals surface area contributed by atoms with Crippen molar-refractivity contribution in [1.29, 1.82) is 0 Å². The number of aromatic nitrogens is 5. The summed E-state index contributed by atoms with van der Waals surface area (Å²) in [5.41, 5.74) is 3.19. The fourth-order valence-electron chi connectivity index (χ4n) is 4.24. The maximum Gasteiger partial charge on any atom is 0.262 e. The summed E-state index contributed by atoms with van der Waals surface area (Å²) < 4.78 is 3.55. The zero-order valence-corrected chi connectivity index (χ0v) is 18.9. The van der Waals surface area contributed by atoms with Crippen molar-refractivity contribution < 1.29 is 4.79 Å². The van der Waals surface area contributed by atoms with Crippen LogP contribution in [0.3, 0.4) is 0 Å². The quantitative estimate of drug-likeness (QED) is 0.305. The van der Waals surface area contributed by atoms with Gasteiger partial charge in [-0.2, -0.15) is 0 Å². The number of para-hydroxylation sites is 2. The lowest BCUT2D eigenvalue weighted by molar-refractivity contribution is 0.0995. The van der Waals surface area contributed by atoms with Gasteiger partial charge in [-0.1, -0.05) is 49.0 Å². The molecule has 0 aliphatic heterocycles. The van der Waals surface area contributed by atoms with Crippen LogP contribution in [0.1, 0.15) is 36.3 Å². The van der Waals surface area contributed by atoms with Crippen LogP contribution in [0.2, 0.25) is 0 Å². The summed E-state index contributed by atoms with van der Waals surface area (Å²) in [5, 5.41) is 10.5. The van der Waals surface area contributed by atoms with E-state index in [2.05, 4.69) is 15.2 Å². The maximum atomic E-state index is 13.4. The zero-order chi connectivity index (χ0) is 22.4. The van der Waals surface area contributed by atoms with E-state index in [0.29, 0.717) is 28.4 Å². The molecule has 0 saturated heterocycles. The van der Waals surface area contributed by atoms with Crippen molar-refractivity contribution in [2.24, 2.45) is 0 Å². The molecule has 0 amide bonds. The van der Waals surface area contributed by atoms with Crippen LogP contribution in [-0.4, -0.2) is 35.2 Å². The van der Waals surface area contributed by atoms with Gasteiger partial charge in [0.15, 0.2) is 10.9 Å². The SMILES string of the molecule is CCCn1c(=O)c2ccccc2n2c(SC(C)C(=O)c3c(C)[nH]c4ccccc34)nnc12. The number of rotatable bonds is 6. The van der Waals surface area contributed by atoms with E-state index in [9.17, 15) is 9.59 Å². The third kappa shape index (κ3) is 3.14. The molecule has 0 saturated carbocycles. The summed E-state index contributed by atoms with van der Waals surface area (Å²) in [6.07, 6.45) is 0.804. The summed E-state index contributed by atoms with van der Waals surface area (Å²) in [7, 11) is 0. The Morgan fingerprint density at radius 2 is 1.81 bits per heavy atom. The maximum absolute atomic E-state index is 13.4. The molecule has 1 N–H and O–H groups in total. The molecule has 3 heterocycles. The summed E-state index contributed by atoms with van der Waals surface area (Å²) in [6, 6.07) is 15.3. The largest absolute Gasteiger partial charge is 0.358 e. The lowest BCUT2D eigenvalue weighted by atomic mass is 10.1. The Bertz CT molecular complexity index is 1550. The van der Waals surface area contributed by atoms with Crippen LogP contribution in [0, 0.1) is 6.92 Å². The highest BCUT2D eigenvalue weighted by atomic mass is 32.2. The second kappa shape index (κ2) is 7.94. The first kappa shape index (κ1) is 20.5. The van der Waals surface area contributed by atoms with Gasteiger partial charge in [0.2, 0.25) is 5.78 Å². The lowest BCUT2D eigenvalue weighted by Crippen LogP contribution is -2.23. The van der Waals surface area contributed by atoms with E-state index in [-0.39, 0.29) is 16.6 Å². The van der Waals surface area contributed by atoms with Crippen molar-refractivity contribution in [2.75, 3.05) is 0 Å². The Morgan fingerprint density at radius 3 is 2.59 bits per heavy atom.